The molecule has 0 bridgehead atoms. The number of methoxy groups -OCH3 is 1. The van der Waals surface area contributed by atoms with E-state index in [2.05, 4.69) is 33.0 Å². The minimum atomic E-state index is 0. The van der Waals surface area contributed by atoms with E-state index in [-0.39, 0.29) is 12.4 Å². The van der Waals surface area contributed by atoms with Crippen LogP contribution in [-0.4, -0.2) is 64.4 Å². The van der Waals surface area contributed by atoms with Gasteiger partial charge in [-0.05, 0) is 6.07 Å². The van der Waals surface area contributed by atoms with E-state index >= 15 is 0 Å². The molecule has 22 heavy (non-hydrogen) atoms. The highest BCUT2D eigenvalue weighted by Crippen LogP contribution is 2.19. The Morgan fingerprint density at radius 1 is 0.909 bits per heavy atom. The Hall–Kier alpha value is -0.850. The molecule has 2 fully saturated rings. The van der Waals surface area contributed by atoms with Gasteiger partial charge in [-0.3, -0.25) is 4.90 Å². The number of hydrogen-bond acceptors (Lipinski definition) is 5. The summed E-state index contributed by atoms with van der Waals surface area (Å²) in [4.78, 5) is 2.45. The van der Waals surface area contributed by atoms with Gasteiger partial charge < -0.3 is 20.7 Å². The summed E-state index contributed by atoms with van der Waals surface area (Å²) < 4.78 is 5.34. The number of ether oxygens (including phenoxy) is 1. The molecule has 2 aliphatic rings. The molecular weight excluding hydrogens is 300 g/mol. The van der Waals surface area contributed by atoms with E-state index in [1.165, 1.54) is 5.56 Å². The molecule has 0 aliphatic carbocycles. The molecule has 0 amide bonds. The number of nitrogens with one attached hydrogen (secondary N) is 3. The normalized spacial score (nSPS) is 18.6. The second kappa shape index (κ2) is 11.7. The molecule has 0 unspecified atom stereocenters. The lowest BCUT2D eigenvalue weighted by atomic mass is 10.2. The van der Waals surface area contributed by atoms with Crippen molar-refractivity contribution in [3.05, 3.63) is 29.8 Å². The standard InChI is InChI=1S/C12H18N2O.C4H10N2.ClH/c1-15-12-5-3-2-4-11(12)10-14-8-6-13-7-9-14;1-2-6-4-3-5-1;/h2-5,13H,6-10H2,1H3;5-6H,1-4H2;1H. The van der Waals surface area contributed by atoms with Gasteiger partial charge in [0.1, 0.15) is 5.75 Å². The fourth-order valence-corrected chi connectivity index (χ4v) is 2.55. The maximum absolute atomic E-state index is 5.34. The average molecular weight is 329 g/mol. The van der Waals surface area contributed by atoms with Crippen LogP contribution in [-0.2, 0) is 6.54 Å². The van der Waals surface area contributed by atoms with E-state index < -0.39 is 0 Å². The van der Waals surface area contributed by atoms with Crippen molar-refractivity contribution < 1.29 is 4.74 Å². The van der Waals surface area contributed by atoms with E-state index in [0.717, 1.165) is 64.7 Å². The number of rotatable bonds is 3. The third kappa shape index (κ3) is 6.94. The molecule has 5 nitrogen and oxygen atoms in total. The Kier molecular flexibility index (Phi) is 10.2. The first-order chi connectivity index (χ1) is 10.4. The van der Waals surface area contributed by atoms with Crippen LogP contribution in [0, 0.1) is 0 Å². The lowest BCUT2D eigenvalue weighted by Gasteiger charge is -2.27. The lowest BCUT2D eigenvalue weighted by molar-refractivity contribution is 0.230. The number of piperazine rings is 2. The molecule has 6 heteroatoms. The van der Waals surface area contributed by atoms with Crippen LogP contribution in [0.4, 0.5) is 0 Å². The van der Waals surface area contributed by atoms with E-state index in [1.54, 1.807) is 7.11 Å². The molecule has 3 N–H and O–H groups in total. The fourth-order valence-electron chi connectivity index (χ4n) is 2.55. The molecule has 2 heterocycles. The summed E-state index contributed by atoms with van der Waals surface area (Å²) in [5, 5.41) is 9.80. The van der Waals surface area contributed by atoms with Crippen LogP contribution in [0.25, 0.3) is 0 Å². The lowest BCUT2D eigenvalue weighted by Crippen LogP contribution is -2.42. The van der Waals surface area contributed by atoms with Gasteiger partial charge in [0.25, 0.3) is 0 Å². The molecule has 0 aromatic heterocycles. The van der Waals surface area contributed by atoms with Gasteiger partial charge in [-0.2, -0.15) is 0 Å². The van der Waals surface area contributed by atoms with Gasteiger partial charge in [0.2, 0.25) is 0 Å². The molecule has 1 aromatic rings. The Bertz CT molecular complexity index is 384. The van der Waals surface area contributed by atoms with Gasteiger partial charge in [0.15, 0.2) is 0 Å². The van der Waals surface area contributed by atoms with Gasteiger partial charge in [-0.1, -0.05) is 18.2 Å². The Labute approximate surface area is 140 Å². The first kappa shape index (κ1) is 19.2. The second-order valence-electron chi connectivity index (χ2n) is 5.34. The van der Waals surface area contributed by atoms with Gasteiger partial charge >= 0.3 is 0 Å². The summed E-state index contributed by atoms with van der Waals surface area (Å²) >= 11 is 0. The van der Waals surface area contributed by atoms with Crippen LogP contribution in [0.15, 0.2) is 24.3 Å². The summed E-state index contributed by atoms with van der Waals surface area (Å²) in [7, 11) is 1.73. The molecule has 0 saturated carbocycles. The van der Waals surface area contributed by atoms with E-state index in [9.17, 15) is 0 Å². The van der Waals surface area contributed by atoms with Gasteiger partial charge in [0, 0.05) is 64.5 Å². The van der Waals surface area contributed by atoms with Crippen molar-refractivity contribution in [1.82, 2.24) is 20.9 Å². The molecule has 126 valence electrons. The summed E-state index contributed by atoms with van der Waals surface area (Å²) in [6, 6.07) is 8.25. The van der Waals surface area contributed by atoms with Crippen molar-refractivity contribution in [2.24, 2.45) is 0 Å². The highest BCUT2D eigenvalue weighted by Gasteiger charge is 2.11. The van der Waals surface area contributed by atoms with Crippen molar-refractivity contribution in [3.8, 4) is 5.75 Å². The predicted octanol–water partition coefficient (Wildman–Crippen LogP) is 0.701. The maximum atomic E-state index is 5.34. The van der Waals surface area contributed by atoms with Crippen LogP contribution < -0.4 is 20.7 Å². The Morgan fingerprint density at radius 3 is 2.00 bits per heavy atom. The number of halogens is 1. The van der Waals surface area contributed by atoms with Crippen LogP contribution in [0.3, 0.4) is 0 Å². The Balaban J connectivity index is 0.000000293. The van der Waals surface area contributed by atoms with Crippen molar-refractivity contribution in [3.63, 3.8) is 0 Å². The smallest absolute Gasteiger partial charge is 0.123 e. The van der Waals surface area contributed by atoms with Crippen LogP contribution in [0.2, 0.25) is 0 Å². The van der Waals surface area contributed by atoms with Gasteiger partial charge in [-0.15, -0.1) is 12.4 Å². The maximum Gasteiger partial charge on any atom is 0.123 e. The second-order valence-corrected chi connectivity index (χ2v) is 5.34. The topological polar surface area (TPSA) is 48.6 Å². The molecule has 1 aromatic carbocycles. The third-order valence-corrected chi connectivity index (χ3v) is 3.75. The number of hydrogen-bond donors (Lipinski definition) is 3. The monoisotopic (exact) mass is 328 g/mol. The molecule has 2 aliphatic heterocycles. The zero-order valence-electron chi connectivity index (χ0n) is 13.4. The number of benzene rings is 1. The SMILES string of the molecule is C1CNCCN1.COc1ccccc1CN1CCNCC1.Cl. The third-order valence-electron chi connectivity index (χ3n) is 3.75. The first-order valence-electron chi connectivity index (χ1n) is 7.86. The number of nitrogens with zero attached hydrogens (tertiary/aromatic N) is 1. The van der Waals surface area contributed by atoms with Crippen molar-refractivity contribution in [1.29, 1.82) is 0 Å². The highest BCUT2D eigenvalue weighted by molar-refractivity contribution is 5.85. The van der Waals surface area contributed by atoms with Crippen LogP contribution in [0.1, 0.15) is 5.56 Å². The molecule has 3 rings (SSSR count). The van der Waals surface area contributed by atoms with Crippen LogP contribution >= 0.6 is 12.4 Å². The molecule has 0 radical (unpaired) electrons. The molecule has 0 spiro atoms. The van der Waals surface area contributed by atoms with Crippen LogP contribution in [0.5, 0.6) is 5.75 Å². The largest absolute Gasteiger partial charge is 0.496 e. The number of para-hydroxylation sites is 1. The highest BCUT2D eigenvalue weighted by atomic mass is 35.5. The summed E-state index contributed by atoms with van der Waals surface area (Å²) in [6.07, 6.45) is 0. The fraction of sp³-hybridized carbons (Fsp3) is 0.625. The van der Waals surface area contributed by atoms with E-state index in [0.29, 0.717) is 0 Å². The van der Waals surface area contributed by atoms with E-state index in [1.807, 2.05) is 12.1 Å². The zero-order chi connectivity index (χ0) is 14.8. The summed E-state index contributed by atoms with van der Waals surface area (Å²) in [5.41, 5.74) is 1.28. The predicted molar refractivity (Wildman–Crippen MR) is 94.1 cm³/mol. The minimum Gasteiger partial charge on any atom is -0.496 e. The minimum absolute atomic E-state index is 0. The first-order valence-corrected chi connectivity index (χ1v) is 7.86. The molecular formula is C16H29ClN4O. The average Bonchev–Trinajstić information content (AvgIpc) is 2.58. The van der Waals surface area contributed by atoms with E-state index in [4.69, 9.17) is 4.74 Å². The summed E-state index contributed by atoms with van der Waals surface area (Å²) in [5.74, 6) is 0.996. The van der Waals surface area contributed by atoms with Gasteiger partial charge in [0.05, 0.1) is 7.11 Å². The molecule has 0 atom stereocenters. The quantitative estimate of drug-likeness (QED) is 0.762. The summed E-state index contributed by atoms with van der Waals surface area (Å²) in [6.45, 7) is 9.98. The van der Waals surface area contributed by atoms with Crippen molar-refractivity contribution in [2.45, 2.75) is 6.54 Å². The molecule has 2 saturated heterocycles. The Morgan fingerprint density at radius 2 is 1.45 bits per heavy atom. The van der Waals surface area contributed by atoms with Crippen molar-refractivity contribution in [2.75, 3.05) is 59.5 Å². The van der Waals surface area contributed by atoms with Gasteiger partial charge in [-0.25, -0.2) is 0 Å². The van der Waals surface area contributed by atoms with Crippen molar-refractivity contribution >= 4 is 12.4 Å². The zero-order valence-corrected chi connectivity index (χ0v) is 14.3.